The first-order chi connectivity index (χ1) is 8.52. The zero-order valence-corrected chi connectivity index (χ0v) is 11.0. The van der Waals surface area contributed by atoms with E-state index in [1.807, 2.05) is 0 Å². The molecule has 1 saturated heterocycles. The van der Waals surface area contributed by atoms with Gasteiger partial charge in [0, 0.05) is 24.9 Å². The van der Waals surface area contributed by atoms with Crippen molar-refractivity contribution >= 4 is 33.3 Å². The Hall–Kier alpha value is -1.76. The van der Waals surface area contributed by atoms with Crippen LogP contribution in [0.3, 0.4) is 0 Å². The Bertz CT molecular complexity index is 532. The van der Waals surface area contributed by atoms with Gasteiger partial charge in [0.25, 0.3) is 5.69 Å². The number of carbonyl (C=O) groups excluding carboxylic acids is 1. The molecule has 94 valence electrons. The van der Waals surface area contributed by atoms with Crippen LogP contribution in [-0.2, 0) is 4.79 Å². The summed E-state index contributed by atoms with van der Waals surface area (Å²) in [6.45, 7) is 4.17. The highest BCUT2D eigenvalue weighted by Gasteiger charge is 2.31. The molecule has 0 N–H and O–H groups in total. The quantitative estimate of drug-likeness (QED) is 0.487. The average Bonchev–Trinajstić information content (AvgIpc) is 2.70. The fourth-order valence-corrected chi connectivity index (χ4v) is 2.37. The summed E-state index contributed by atoms with van der Waals surface area (Å²) in [7, 11) is 0. The van der Waals surface area contributed by atoms with Gasteiger partial charge in [-0.15, -0.1) is 6.58 Å². The Balaban J connectivity index is 2.32. The van der Waals surface area contributed by atoms with Crippen LogP contribution >= 0.6 is 15.9 Å². The minimum atomic E-state index is -0.528. The first-order valence-electron chi connectivity index (χ1n) is 5.25. The lowest BCUT2D eigenvalue weighted by Crippen LogP contribution is -2.25. The molecule has 0 aromatic carbocycles. The van der Waals surface area contributed by atoms with Crippen LogP contribution in [0.2, 0.25) is 0 Å². The Morgan fingerprint density at radius 1 is 1.67 bits per heavy atom. The summed E-state index contributed by atoms with van der Waals surface area (Å²) in [5.41, 5.74) is -0.113. The molecule has 18 heavy (non-hydrogen) atoms. The summed E-state index contributed by atoms with van der Waals surface area (Å²) in [6, 6.07) is 1.34. The molecule has 1 amide bonds. The SMILES string of the molecule is C=CC1CC(=O)N(c2ncc([N+](=O)[O-])cc2Br)C1. The van der Waals surface area contributed by atoms with Gasteiger partial charge >= 0.3 is 0 Å². The minimum Gasteiger partial charge on any atom is -0.295 e. The van der Waals surface area contributed by atoms with Crippen molar-refractivity contribution in [1.29, 1.82) is 0 Å². The first-order valence-corrected chi connectivity index (χ1v) is 6.05. The van der Waals surface area contributed by atoms with Gasteiger partial charge in [0.15, 0.2) is 0 Å². The molecule has 1 fully saturated rings. The topological polar surface area (TPSA) is 76.3 Å². The van der Waals surface area contributed by atoms with Crippen LogP contribution in [0.5, 0.6) is 0 Å². The number of anilines is 1. The largest absolute Gasteiger partial charge is 0.295 e. The van der Waals surface area contributed by atoms with E-state index in [4.69, 9.17) is 0 Å². The monoisotopic (exact) mass is 311 g/mol. The predicted molar refractivity (Wildman–Crippen MR) is 69.2 cm³/mol. The molecule has 0 radical (unpaired) electrons. The summed E-state index contributed by atoms with van der Waals surface area (Å²) >= 11 is 3.21. The molecule has 1 aromatic rings. The van der Waals surface area contributed by atoms with Gasteiger partial charge in [-0.2, -0.15) is 0 Å². The lowest BCUT2D eigenvalue weighted by atomic mass is 10.1. The van der Waals surface area contributed by atoms with Crippen LogP contribution in [-0.4, -0.2) is 22.4 Å². The third-order valence-electron chi connectivity index (χ3n) is 2.76. The number of carbonyl (C=O) groups is 1. The number of aromatic nitrogens is 1. The van der Waals surface area contributed by atoms with E-state index >= 15 is 0 Å². The highest BCUT2D eigenvalue weighted by molar-refractivity contribution is 9.10. The van der Waals surface area contributed by atoms with Crippen molar-refractivity contribution in [3.05, 3.63) is 39.5 Å². The van der Waals surface area contributed by atoms with E-state index in [2.05, 4.69) is 27.5 Å². The molecule has 2 heterocycles. The molecular formula is C11H10BrN3O3. The number of hydrogen-bond donors (Lipinski definition) is 0. The molecule has 0 bridgehead atoms. The van der Waals surface area contributed by atoms with E-state index in [9.17, 15) is 14.9 Å². The van der Waals surface area contributed by atoms with Crippen molar-refractivity contribution in [2.24, 2.45) is 5.92 Å². The van der Waals surface area contributed by atoms with E-state index in [1.165, 1.54) is 11.0 Å². The van der Waals surface area contributed by atoms with E-state index in [-0.39, 0.29) is 17.5 Å². The molecule has 0 spiro atoms. The van der Waals surface area contributed by atoms with Crippen LogP contribution < -0.4 is 4.90 Å². The van der Waals surface area contributed by atoms with Crippen molar-refractivity contribution in [3.63, 3.8) is 0 Å². The van der Waals surface area contributed by atoms with Crippen LogP contribution in [0.25, 0.3) is 0 Å². The van der Waals surface area contributed by atoms with Crippen molar-refractivity contribution in [2.75, 3.05) is 11.4 Å². The van der Waals surface area contributed by atoms with Gasteiger partial charge in [0.05, 0.1) is 9.40 Å². The number of nitrogens with zero attached hydrogens (tertiary/aromatic N) is 3. The predicted octanol–water partition coefficient (Wildman–Crippen LogP) is 2.29. The summed E-state index contributed by atoms with van der Waals surface area (Å²) < 4.78 is 0.440. The summed E-state index contributed by atoms with van der Waals surface area (Å²) in [5, 5.41) is 10.6. The van der Waals surface area contributed by atoms with Crippen LogP contribution in [0.15, 0.2) is 29.4 Å². The van der Waals surface area contributed by atoms with Crippen molar-refractivity contribution in [2.45, 2.75) is 6.42 Å². The van der Waals surface area contributed by atoms with E-state index < -0.39 is 4.92 Å². The lowest BCUT2D eigenvalue weighted by molar-refractivity contribution is -0.385. The van der Waals surface area contributed by atoms with Crippen LogP contribution in [0.4, 0.5) is 11.5 Å². The molecule has 1 unspecified atom stereocenters. The molecule has 2 rings (SSSR count). The molecule has 1 atom stereocenters. The first kappa shape index (κ1) is 12.7. The lowest BCUT2D eigenvalue weighted by Gasteiger charge is -2.16. The van der Waals surface area contributed by atoms with Crippen molar-refractivity contribution < 1.29 is 9.72 Å². The number of pyridine rings is 1. The molecule has 6 nitrogen and oxygen atoms in total. The van der Waals surface area contributed by atoms with Gasteiger partial charge in [-0.25, -0.2) is 4.98 Å². The van der Waals surface area contributed by atoms with E-state index in [0.717, 1.165) is 6.20 Å². The van der Waals surface area contributed by atoms with Gasteiger partial charge in [0.2, 0.25) is 5.91 Å². The zero-order chi connectivity index (χ0) is 13.3. The summed E-state index contributed by atoms with van der Waals surface area (Å²) in [6.07, 6.45) is 3.28. The van der Waals surface area contributed by atoms with Gasteiger partial charge in [-0.05, 0) is 15.9 Å². The second-order valence-corrected chi connectivity index (χ2v) is 4.81. The molecule has 1 aliphatic rings. The average molecular weight is 312 g/mol. The van der Waals surface area contributed by atoms with Crippen LogP contribution in [0.1, 0.15) is 6.42 Å². The van der Waals surface area contributed by atoms with E-state index in [0.29, 0.717) is 23.3 Å². The Morgan fingerprint density at radius 2 is 2.39 bits per heavy atom. The number of nitro groups is 1. The van der Waals surface area contributed by atoms with Gasteiger partial charge < -0.3 is 0 Å². The Kier molecular flexibility index (Phi) is 3.42. The molecular weight excluding hydrogens is 302 g/mol. The molecule has 1 aromatic heterocycles. The maximum atomic E-state index is 11.8. The Morgan fingerprint density at radius 3 is 2.89 bits per heavy atom. The number of rotatable bonds is 3. The standard InChI is InChI=1S/C11H10BrN3O3/c1-2-7-3-10(16)14(6-7)11-9(12)4-8(5-13-11)15(17)18/h2,4-5,7H,1,3,6H2. The third kappa shape index (κ3) is 2.26. The maximum absolute atomic E-state index is 11.8. The highest BCUT2D eigenvalue weighted by Crippen LogP contribution is 2.31. The second-order valence-electron chi connectivity index (χ2n) is 3.96. The fraction of sp³-hybridized carbons (Fsp3) is 0.273. The molecule has 1 aliphatic heterocycles. The summed E-state index contributed by atoms with van der Waals surface area (Å²) in [4.78, 5) is 27.4. The number of amides is 1. The smallest absolute Gasteiger partial charge is 0.288 e. The Labute approximate surface area is 112 Å². The van der Waals surface area contributed by atoms with E-state index in [1.54, 1.807) is 6.08 Å². The van der Waals surface area contributed by atoms with Crippen LogP contribution in [0, 0.1) is 16.0 Å². The fourth-order valence-electron chi connectivity index (χ4n) is 1.82. The third-order valence-corrected chi connectivity index (χ3v) is 3.35. The molecule has 0 aliphatic carbocycles. The number of hydrogen-bond acceptors (Lipinski definition) is 4. The number of halogens is 1. The van der Waals surface area contributed by atoms with Gasteiger partial charge in [0.1, 0.15) is 12.0 Å². The van der Waals surface area contributed by atoms with Crippen molar-refractivity contribution in [3.8, 4) is 0 Å². The van der Waals surface area contributed by atoms with Gasteiger partial charge in [-0.3, -0.25) is 19.8 Å². The molecule has 7 heteroatoms. The highest BCUT2D eigenvalue weighted by atomic mass is 79.9. The molecule has 0 saturated carbocycles. The van der Waals surface area contributed by atoms with Crippen molar-refractivity contribution in [1.82, 2.24) is 4.98 Å². The maximum Gasteiger partial charge on any atom is 0.288 e. The second kappa shape index (κ2) is 4.85. The summed E-state index contributed by atoms with van der Waals surface area (Å²) in [5.74, 6) is 0.457. The minimum absolute atomic E-state index is 0.0537. The zero-order valence-electron chi connectivity index (χ0n) is 9.38. The van der Waals surface area contributed by atoms with Gasteiger partial charge in [-0.1, -0.05) is 6.08 Å². The normalized spacial score (nSPS) is 19.1.